The van der Waals surface area contributed by atoms with Gasteiger partial charge in [0.05, 0.1) is 5.02 Å². The van der Waals surface area contributed by atoms with Gasteiger partial charge in [0.2, 0.25) is 0 Å². The van der Waals surface area contributed by atoms with Gasteiger partial charge < -0.3 is 9.64 Å². The second-order valence-electron chi connectivity index (χ2n) is 4.56. The molecule has 110 valence electrons. The number of nitrogens with zero attached hydrogens (tertiary/aromatic N) is 1. The summed E-state index contributed by atoms with van der Waals surface area (Å²) in [7, 11) is 1.75. The highest BCUT2D eigenvalue weighted by molar-refractivity contribution is 9.10. The van der Waals surface area contributed by atoms with Crippen LogP contribution in [0.5, 0.6) is 5.75 Å². The van der Waals surface area contributed by atoms with Crippen LogP contribution in [0.4, 0.5) is 0 Å². The van der Waals surface area contributed by atoms with Crippen molar-refractivity contribution in [1.82, 2.24) is 4.90 Å². The molecule has 0 heterocycles. The third-order valence-corrected chi connectivity index (χ3v) is 4.06. The summed E-state index contributed by atoms with van der Waals surface area (Å²) in [5, 5.41) is 0.499. The molecule has 2 aromatic carbocycles. The molecule has 21 heavy (non-hydrogen) atoms. The Labute approximate surface area is 137 Å². The third-order valence-electron chi connectivity index (χ3n) is 2.98. The lowest BCUT2D eigenvalue weighted by atomic mass is 10.2. The van der Waals surface area contributed by atoms with Crippen molar-refractivity contribution < 1.29 is 9.53 Å². The maximum absolute atomic E-state index is 12.1. The maximum atomic E-state index is 12.1. The Balaban J connectivity index is 1.91. The standard InChI is InChI=1S/C16H15BrClNO2/c1-19(10-12-6-2-3-7-13(12)17)16(20)11-21-15-9-5-4-8-14(15)18/h2-9H,10-11H2,1H3. The predicted molar refractivity (Wildman–Crippen MR) is 87.6 cm³/mol. The smallest absolute Gasteiger partial charge is 0.260 e. The van der Waals surface area contributed by atoms with E-state index in [1.54, 1.807) is 24.1 Å². The number of halogens is 2. The lowest BCUT2D eigenvalue weighted by Gasteiger charge is -2.18. The molecule has 3 nitrogen and oxygen atoms in total. The Kier molecular flexibility index (Phi) is 5.65. The fourth-order valence-electron chi connectivity index (χ4n) is 1.78. The Morgan fingerprint density at radius 3 is 2.57 bits per heavy atom. The first-order valence-corrected chi connectivity index (χ1v) is 7.59. The van der Waals surface area contributed by atoms with Crippen LogP contribution in [0, 0.1) is 0 Å². The maximum Gasteiger partial charge on any atom is 0.260 e. The molecule has 0 bridgehead atoms. The molecule has 0 unspecified atom stereocenters. The van der Waals surface area contributed by atoms with Crippen LogP contribution in [0.25, 0.3) is 0 Å². The van der Waals surface area contributed by atoms with Crippen molar-refractivity contribution in [3.63, 3.8) is 0 Å². The highest BCUT2D eigenvalue weighted by Crippen LogP contribution is 2.23. The minimum Gasteiger partial charge on any atom is -0.482 e. The second-order valence-corrected chi connectivity index (χ2v) is 5.82. The molecular formula is C16H15BrClNO2. The van der Waals surface area contributed by atoms with E-state index in [1.807, 2.05) is 36.4 Å². The van der Waals surface area contributed by atoms with Crippen molar-refractivity contribution in [3.8, 4) is 5.75 Å². The van der Waals surface area contributed by atoms with Gasteiger partial charge >= 0.3 is 0 Å². The van der Waals surface area contributed by atoms with Gasteiger partial charge in [0.1, 0.15) is 5.75 Å². The fraction of sp³-hybridized carbons (Fsp3) is 0.188. The third kappa shape index (κ3) is 4.48. The molecule has 0 saturated carbocycles. The van der Waals surface area contributed by atoms with Crippen LogP contribution in [0.15, 0.2) is 53.0 Å². The number of amides is 1. The summed E-state index contributed by atoms with van der Waals surface area (Å²) in [4.78, 5) is 13.7. The second kappa shape index (κ2) is 7.48. The zero-order chi connectivity index (χ0) is 15.2. The van der Waals surface area contributed by atoms with Gasteiger partial charge in [-0.2, -0.15) is 0 Å². The molecule has 0 atom stereocenters. The number of carbonyl (C=O) groups is 1. The van der Waals surface area contributed by atoms with Crippen LogP contribution in [-0.4, -0.2) is 24.5 Å². The van der Waals surface area contributed by atoms with E-state index in [2.05, 4.69) is 15.9 Å². The summed E-state index contributed by atoms with van der Waals surface area (Å²) in [5.41, 5.74) is 1.05. The van der Waals surface area contributed by atoms with E-state index in [-0.39, 0.29) is 12.5 Å². The first-order chi connectivity index (χ1) is 10.1. The Bertz CT molecular complexity index is 633. The Morgan fingerprint density at radius 2 is 1.86 bits per heavy atom. The summed E-state index contributed by atoms with van der Waals surface area (Å²) < 4.78 is 6.44. The number of likely N-dealkylation sites (N-methyl/N-ethyl adjacent to an activating group) is 1. The van der Waals surface area contributed by atoms with Crippen molar-refractivity contribution in [2.75, 3.05) is 13.7 Å². The largest absolute Gasteiger partial charge is 0.482 e. The van der Waals surface area contributed by atoms with E-state index >= 15 is 0 Å². The summed E-state index contributed by atoms with van der Waals surface area (Å²) in [5.74, 6) is 0.410. The number of rotatable bonds is 5. The quantitative estimate of drug-likeness (QED) is 0.794. The SMILES string of the molecule is CN(Cc1ccccc1Br)C(=O)COc1ccccc1Cl. The molecule has 1 amide bonds. The Morgan fingerprint density at radius 1 is 1.19 bits per heavy atom. The first-order valence-electron chi connectivity index (χ1n) is 6.42. The van der Waals surface area contributed by atoms with E-state index < -0.39 is 0 Å². The molecule has 0 aromatic heterocycles. The van der Waals surface area contributed by atoms with Crippen molar-refractivity contribution in [3.05, 3.63) is 63.6 Å². The average Bonchev–Trinajstić information content (AvgIpc) is 2.48. The normalized spacial score (nSPS) is 10.2. The number of ether oxygens (including phenoxy) is 1. The van der Waals surface area contributed by atoms with E-state index in [4.69, 9.17) is 16.3 Å². The molecule has 0 aliphatic heterocycles. The highest BCUT2D eigenvalue weighted by atomic mass is 79.9. The summed E-state index contributed by atoms with van der Waals surface area (Å²) in [6.07, 6.45) is 0. The molecule has 0 fully saturated rings. The van der Waals surface area contributed by atoms with Crippen molar-refractivity contribution in [1.29, 1.82) is 0 Å². The van der Waals surface area contributed by atoms with Crippen molar-refractivity contribution in [2.45, 2.75) is 6.54 Å². The summed E-state index contributed by atoms with van der Waals surface area (Å²) >= 11 is 9.45. The molecule has 0 N–H and O–H groups in total. The predicted octanol–water partition coefficient (Wildman–Crippen LogP) is 4.14. The molecular weight excluding hydrogens is 354 g/mol. The molecule has 0 radical (unpaired) electrons. The Hall–Kier alpha value is -1.52. The molecule has 0 aliphatic carbocycles. The van der Waals surface area contributed by atoms with Gasteiger partial charge in [-0.15, -0.1) is 0 Å². The van der Waals surface area contributed by atoms with Crippen LogP contribution in [0.3, 0.4) is 0 Å². The minimum absolute atomic E-state index is 0.0370. The van der Waals surface area contributed by atoms with E-state index in [0.717, 1.165) is 10.0 Å². The zero-order valence-electron chi connectivity index (χ0n) is 11.6. The van der Waals surface area contributed by atoms with Gasteiger partial charge in [-0.1, -0.05) is 57.9 Å². The van der Waals surface area contributed by atoms with E-state index in [1.165, 1.54) is 0 Å². The monoisotopic (exact) mass is 367 g/mol. The summed E-state index contributed by atoms with van der Waals surface area (Å²) in [6.45, 7) is 0.483. The molecule has 2 aromatic rings. The number of para-hydroxylation sites is 1. The van der Waals surface area contributed by atoms with E-state index in [9.17, 15) is 4.79 Å². The average molecular weight is 369 g/mol. The lowest BCUT2D eigenvalue weighted by molar-refractivity contribution is -0.132. The summed E-state index contributed by atoms with van der Waals surface area (Å²) in [6, 6.07) is 14.9. The van der Waals surface area contributed by atoms with Gasteiger partial charge in [0.25, 0.3) is 5.91 Å². The van der Waals surface area contributed by atoms with Gasteiger partial charge in [-0.05, 0) is 23.8 Å². The van der Waals surface area contributed by atoms with Gasteiger partial charge in [0.15, 0.2) is 6.61 Å². The number of hydrogen-bond acceptors (Lipinski definition) is 2. The lowest BCUT2D eigenvalue weighted by Crippen LogP contribution is -2.31. The molecule has 0 saturated heterocycles. The van der Waals surface area contributed by atoms with Crippen molar-refractivity contribution in [2.24, 2.45) is 0 Å². The van der Waals surface area contributed by atoms with Crippen LogP contribution in [0.2, 0.25) is 5.02 Å². The topological polar surface area (TPSA) is 29.5 Å². The van der Waals surface area contributed by atoms with Gasteiger partial charge in [-0.3, -0.25) is 4.79 Å². The number of benzene rings is 2. The van der Waals surface area contributed by atoms with Crippen molar-refractivity contribution >= 4 is 33.4 Å². The van der Waals surface area contributed by atoms with Gasteiger partial charge in [0, 0.05) is 18.1 Å². The van der Waals surface area contributed by atoms with Crippen LogP contribution in [-0.2, 0) is 11.3 Å². The minimum atomic E-state index is -0.106. The zero-order valence-corrected chi connectivity index (χ0v) is 13.9. The molecule has 0 spiro atoms. The first kappa shape index (κ1) is 15.9. The molecule has 0 aliphatic rings. The van der Waals surface area contributed by atoms with Crippen LogP contribution >= 0.6 is 27.5 Å². The number of hydrogen-bond donors (Lipinski definition) is 0. The van der Waals surface area contributed by atoms with E-state index in [0.29, 0.717) is 17.3 Å². The molecule has 5 heteroatoms. The highest BCUT2D eigenvalue weighted by Gasteiger charge is 2.12. The van der Waals surface area contributed by atoms with Crippen LogP contribution < -0.4 is 4.74 Å². The van der Waals surface area contributed by atoms with Gasteiger partial charge in [-0.25, -0.2) is 0 Å². The fourth-order valence-corrected chi connectivity index (χ4v) is 2.38. The number of carbonyl (C=O) groups excluding carboxylic acids is 1. The molecule has 2 rings (SSSR count). The van der Waals surface area contributed by atoms with Crippen LogP contribution in [0.1, 0.15) is 5.56 Å².